The summed E-state index contributed by atoms with van der Waals surface area (Å²) in [7, 11) is 0. The molecule has 7 heteroatoms. The number of alkyl halides is 3. The quantitative estimate of drug-likeness (QED) is 0.787. The molecule has 0 N–H and O–H groups in total. The molecule has 2 atom stereocenters. The van der Waals surface area contributed by atoms with E-state index in [0.717, 1.165) is 19.3 Å². The zero-order valence-electron chi connectivity index (χ0n) is 14.0. The summed E-state index contributed by atoms with van der Waals surface area (Å²) in [5, 5.41) is 0. The lowest BCUT2D eigenvalue weighted by atomic mass is 9.84. The van der Waals surface area contributed by atoms with Crippen molar-refractivity contribution in [3.05, 3.63) is 22.8 Å². The van der Waals surface area contributed by atoms with Crippen molar-refractivity contribution in [2.24, 2.45) is 5.92 Å². The number of carbonyl (C=O) groups excluding carboxylic acids is 1. The van der Waals surface area contributed by atoms with E-state index in [9.17, 15) is 18.0 Å². The Bertz CT molecular complexity index is 645. The Balaban J connectivity index is 1.87. The number of aryl methyl sites for hydroxylation is 2. The van der Waals surface area contributed by atoms with Gasteiger partial charge in [-0.1, -0.05) is 0 Å². The number of rotatable bonds is 1. The molecule has 1 fully saturated rings. The number of piperidine rings is 1. The van der Waals surface area contributed by atoms with Crippen molar-refractivity contribution in [1.82, 2.24) is 14.9 Å². The lowest BCUT2D eigenvalue weighted by Crippen LogP contribution is -2.46. The first-order chi connectivity index (χ1) is 11.3. The van der Waals surface area contributed by atoms with Crippen molar-refractivity contribution in [2.45, 2.75) is 64.6 Å². The number of amides is 1. The van der Waals surface area contributed by atoms with E-state index < -0.39 is 17.8 Å². The third-order valence-electron chi connectivity index (χ3n) is 5.09. The lowest BCUT2D eigenvalue weighted by molar-refractivity contribution is -0.144. The average Bonchev–Trinajstić information content (AvgIpc) is 2.52. The van der Waals surface area contributed by atoms with E-state index in [1.807, 2.05) is 11.8 Å². The molecule has 1 aromatic heterocycles. The molecule has 24 heavy (non-hydrogen) atoms. The number of hydrogen-bond acceptors (Lipinski definition) is 3. The molecule has 0 saturated carbocycles. The largest absolute Gasteiger partial charge is 0.433 e. The third-order valence-corrected chi connectivity index (χ3v) is 5.09. The Hall–Kier alpha value is -1.66. The summed E-state index contributed by atoms with van der Waals surface area (Å²) in [6.45, 7) is 4.20. The van der Waals surface area contributed by atoms with Crippen LogP contribution in [-0.4, -0.2) is 33.4 Å². The number of likely N-dealkylation sites (tertiary alicyclic amines) is 1. The van der Waals surface area contributed by atoms with Crippen LogP contribution < -0.4 is 0 Å². The van der Waals surface area contributed by atoms with Crippen LogP contribution in [0.3, 0.4) is 0 Å². The molecule has 0 spiro atoms. The molecule has 1 amide bonds. The Morgan fingerprint density at radius 3 is 2.62 bits per heavy atom. The number of hydrogen-bond donors (Lipinski definition) is 0. The van der Waals surface area contributed by atoms with Crippen molar-refractivity contribution >= 4 is 5.91 Å². The fourth-order valence-corrected chi connectivity index (χ4v) is 3.84. The fourth-order valence-electron chi connectivity index (χ4n) is 3.84. The van der Waals surface area contributed by atoms with Gasteiger partial charge >= 0.3 is 6.18 Å². The van der Waals surface area contributed by atoms with Gasteiger partial charge in [0.25, 0.3) is 0 Å². The number of carbonyl (C=O) groups is 1. The van der Waals surface area contributed by atoms with Gasteiger partial charge in [-0.05, 0) is 52.4 Å². The number of aromatic nitrogens is 2. The maximum atomic E-state index is 13.3. The smallest absolute Gasteiger partial charge is 0.340 e. The standard InChI is InChI=1S/C17H22F3N3O/c1-10-5-3-4-8-23(10)16(24)12-6-7-14-13(9-12)15(17(18,19)20)22-11(2)21-14/h10,12H,3-9H2,1-2H3. The summed E-state index contributed by atoms with van der Waals surface area (Å²) in [6.07, 6.45) is -0.429. The Labute approximate surface area is 139 Å². The molecule has 3 rings (SSSR count). The maximum absolute atomic E-state index is 13.3. The Morgan fingerprint density at radius 1 is 1.21 bits per heavy atom. The summed E-state index contributed by atoms with van der Waals surface area (Å²) < 4.78 is 39.9. The van der Waals surface area contributed by atoms with Gasteiger partial charge in [-0.3, -0.25) is 4.79 Å². The zero-order chi connectivity index (χ0) is 17.5. The third kappa shape index (κ3) is 3.26. The van der Waals surface area contributed by atoms with Gasteiger partial charge in [0.1, 0.15) is 5.82 Å². The molecular formula is C17H22F3N3O. The van der Waals surface area contributed by atoms with Crippen LogP contribution in [0.5, 0.6) is 0 Å². The molecule has 2 heterocycles. The molecule has 0 radical (unpaired) electrons. The molecule has 1 saturated heterocycles. The van der Waals surface area contributed by atoms with Gasteiger partial charge in [0.2, 0.25) is 5.91 Å². The van der Waals surface area contributed by atoms with E-state index >= 15 is 0 Å². The average molecular weight is 341 g/mol. The minimum absolute atomic E-state index is 0.0125. The van der Waals surface area contributed by atoms with Crippen LogP contribution in [0.25, 0.3) is 0 Å². The van der Waals surface area contributed by atoms with E-state index in [2.05, 4.69) is 9.97 Å². The van der Waals surface area contributed by atoms with Crippen LogP contribution in [0.15, 0.2) is 0 Å². The number of nitrogens with zero attached hydrogens (tertiary/aromatic N) is 3. The molecule has 2 unspecified atom stereocenters. The summed E-state index contributed by atoms with van der Waals surface area (Å²) in [5.74, 6) is -0.275. The van der Waals surface area contributed by atoms with Gasteiger partial charge in [-0.2, -0.15) is 13.2 Å². The van der Waals surface area contributed by atoms with Crippen LogP contribution in [0.2, 0.25) is 0 Å². The second-order valence-electron chi connectivity index (χ2n) is 6.86. The highest BCUT2D eigenvalue weighted by atomic mass is 19.4. The van der Waals surface area contributed by atoms with E-state index in [0.29, 0.717) is 25.1 Å². The number of halogens is 3. The topological polar surface area (TPSA) is 46.1 Å². The molecule has 1 aliphatic carbocycles. The molecule has 0 aromatic carbocycles. The highest BCUT2D eigenvalue weighted by molar-refractivity contribution is 5.80. The van der Waals surface area contributed by atoms with Gasteiger partial charge in [0.05, 0.1) is 0 Å². The number of fused-ring (bicyclic) bond motifs is 1. The second-order valence-corrected chi connectivity index (χ2v) is 6.86. The summed E-state index contributed by atoms with van der Waals surface area (Å²) in [4.78, 5) is 22.4. The lowest BCUT2D eigenvalue weighted by Gasteiger charge is -2.37. The van der Waals surface area contributed by atoms with Crippen molar-refractivity contribution < 1.29 is 18.0 Å². The van der Waals surface area contributed by atoms with Crippen LogP contribution in [0.4, 0.5) is 13.2 Å². The first-order valence-corrected chi connectivity index (χ1v) is 8.51. The summed E-state index contributed by atoms with van der Waals surface area (Å²) >= 11 is 0. The molecule has 0 bridgehead atoms. The van der Waals surface area contributed by atoms with Gasteiger partial charge in [0, 0.05) is 29.8 Å². The second kappa shape index (κ2) is 6.33. The van der Waals surface area contributed by atoms with E-state index in [1.54, 1.807) is 0 Å². The first kappa shape index (κ1) is 17.2. The van der Waals surface area contributed by atoms with Gasteiger partial charge < -0.3 is 4.90 Å². The maximum Gasteiger partial charge on any atom is 0.433 e. The van der Waals surface area contributed by atoms with Crippen molar-refractivity contribution in [3.63, 3.8) is 0 Å². The van der Waals surface area contributed by atoms with E-state index in [1.165, 1.54) is 6.92 Å². The highest BCUT2D eigenvalue weighted by Gasteiger charge is 2.40. The SMILES string of the molecule is Cc1nc2c(c(C(F)(F)F)n1)CC(C(=O)N1CCCCC1C)CC2. The fraction of sp³-hybridized carbons (Fsp3) is 0.706. The van der Waals surface area contributed by atoms with Crippen LogP contribution >= 0.6 is 0 Å². The molecular weight excluding hydrogens is 319 g/mol. The molecule has 132 valence electrons. The normalized spacial score (nSPS) is 24.6. The summed E-state index contributed by atoms with van der Waals surface area (Å²) in [6, 6.07) is 0.170. The van der Waals surface area contributed by atoms with Crippen molar-refractivity contribution in [3.8, 4) is 0 Å². The Kier molecular flexibility index (Phi) is 4.53. The van der Waals surface area contributed by atoms with E-state index in [-0.39, 0.29) is 29.8 Å². The van der Waals surface area contributed by atoms with Crippen molar-refractivity contribution in [1.29, 1.82) is 0 Å². The van der Waals surface area contributed by atoms with Gasteiger partial charge in [-0.25, -0.2) is 9.97 Å². The van der Waals surface area contributed by atoms with Crippen LogP contribution in [0.1, 0.15) is 55.4 Å². The molecule has 4 nitrogen and oxygen atoms in total. The van der Waals surface area contributed by atoms with Gasteiger partial charge in [0.15, 0.2) is 5.69 Å². The van der Waals surface area contributed by atoms with Crippen molar-refractivity contribution in [2.75, 3.05) is 6.54 Å². The van der Waals surface area contributed by atoms with Crippen LogP contribution in [-0.2, 0) is 23.8 Å². The highest BCUT2D eigenvalue weighted by Crippen LogP contribution is 2.36. The van der Waals surface area contributed by atoms with Gasteiger partial charge in [-0.15, -0.1) is 0 Å². The first-order valence-electron chi connectivity index (χ1n) is 8.51. The minimum atomic E-state index is -4.51. The predicted octanol–water partition coefficient (Wildman–Crippen LogP) is 3.31. The Morgan fingerprint density at radius 2 is 1.96 bits per heavy atom. The zero-order valence-corrected chi connectivity index (χ0v) is 14.0. The molecule has 2 aliphatic rings. The monoisotopic (exact) mass is 341 g/mol. The predicted molar refractivity (Wildman–Crippen MR) is 82.3 cm³/mol. The summed E-state index contributed by atoms with van der Waals surface area (Å²) in [5.41, 5.74) is -0.304. The molecule has 1 aliphatic heterocycles. The molecule has 1 aromatic rings. The van der Waals surface area contributed by atoms with E-state index in [4.69, 9.17) is 0 Å². The van der Waals surface area contributed by atoms with Crippen LogP contribution in [0, 0.1) is 12.8 Å². The minimum Gasteiger partial charge on any atom is -0.340 e.